The minimum atomic E-state index is -0.653. The van der Waals surface area contributed by atoms with E-state index < -0.39 is 6.10 Å². The second kappa shape index (κ2) is 2.99. The fourth-order valence-corrected chi connectivity index (χ4v) is 0.192. The van der Waals surface area contributed by atoms with Gasteiger partial charge in [-0.25, -0.2) is 5.11 Å². The minimum Gasteiger partial charge on any atom is -0.390 e. The lowest BCUT2D eigenvalue weighted by Crippen LogP contribution is -2.17. The van der Waals surface area contributed by atoms with Crippen LogP contribution in [0.1, 0.15) is 13.8 Å². The molecular formula is C5H11O2. The monoisotopic (exact) mass is 103 g/mol. The zero-order chi connectivity index (χ0) is 5.86. The molecule has 0 rings (SSSR count). The minimum absolute atomic E-state index is 0.109. The first kappa shape index (κ1) is 6.92. The Kier molecular flexibility index (Phi) is 2.96. The molecule has 0 heterocycles. The predicted molar refractivity (Wildman–Crippen MR) is 26.4 cm³/mol. The topological polar surface area (TPSA) is 40.1 Å². The van der Waals surface area contributed by atoms with Gasteiger partial charge in [0.1, 0.15) is 6.61 Å². The molecular weight excluding hydrogens is 92.1 g/mol. The van der Waals surface area contributed by atoms with Crippen molar-refractivity contribution in [1.82, 2.24) is 0 Å². The van der Waals surface area contributed by atoms with Gasteiger partial charge in [-0.05, 0) is 5.92 Å². The fourth-order valence-electron chi connectivity index (χ4n) is 0.192. The van der Waals surface area contributed by atoms with Crippen LogP contribution >= 0.6 is 0 Å². The van der Waals surface area contributed by atoms with Crippen molar-refractivity contribution >= 4 is 0 Å². The molecule has 0 aromatic carbocycles. The molecule has 0 bridgehead atoms. The Bertz CT molecular complexity index is 43.3. The Morgan fingerprint density at radius 2 is 2.00 bits per heavy atom. The van der Waals surface area contributed by atoms with E-state index in [2.05, 4.69) is 0 Å². The van der Waals surface area contributed by atoms with Crippen LogP contribution in [-0.4, -0.2) is 17.8 Å². The van der Waals surface area contributed by atoms with Gasteiger partial charge < -0.3 is 5.11 Å². The van der Waals surface area contributed by atoms with Crippen LogP contribution in [0.25, 0.3) is 0 Å². The Balaban J connectivity index is 3.14. The number of hydrogen-bond donors (Lipinski definition) is 1. The number of hydrogen-bond acceptors (Lipinski definition) is 1. The molecule has 2 heteroatoms. The highest BCUT2D eigenvalue weighted by atomic mass is 16.3. The summed E-state index contributed by atoms with van der Waals surface area (Å²) in [6.07, 6.45) is -0.653. The molecule has 43 valence electrons. The maximum Gasteiger partial charge on any atom is 0.108 e. The van der Waals surface area contributed by atoms with Crippen molar-refractivity contribution in [2.24, 2.45) is 5.92 Å². The Morgan fingerprint density at radius 3 is 2.00 bits per heavy atom. The van der Waals surface area contributed by atoms with E-state index in [1.807, 2.05) is 13.8 Å². The molecule has 0 saturated carbocycles. The highest BCUT2D eigenvalue weighted by Crippen LogP contribution is 1.97. The number of aliphatic hydroxyl groups excluding tert-OH is 1. The summed E-state index contributed by atoms with van der Waals surface area (Å²) in [5.41, 5.74) is 0. The summed E-state index contributed by atoms with van der Waals surface area (Å²) in [6.45, 7) is 3.27. The van der Waals surface area contributed by atoms with Gasteiger partial charge in [0.15, 0.2) is 0 Å². The van der Waals surface area contributed by atoms with E-state index in [-0.39, 0.29) is 12.5 Å². The predicted octanol–water partition coefficient (Wildman–Crippen LogP) is 0.434. The van der Waals surface area contributed by atoms with Crippen molar-refractivity contribution in [3.05, 3.63) is 0 Å². The third kappa shape index (κ3) is 2.60. The molecule has 0 aromatic heterocycles. The van der Waals surface area contributed by atoms with Crippen molar-refractivity contribution in [2.75, 3.05) is 6.61 Å². The highest BCUT2D eigenvalue weighted by molar-refractivity contribution is 4.54. The van der Waals surface area contributed by atoms with Crippen LogP contribution < -0.4 is 0 Å². The third-order valence-corrected chi connectivity index (χ3v) is 0.940. The number of aliphatic hydroxyl groups is 1. The molecule has 0 spiro atoms. The maximum absolute atomic E-state index is 9.82. The second-order valence-electron chi connectivity index (χ2n) is 1.98. The van der Waals surface area contributed by atoms with Gasteiger partial charge in [0.05, 0.1) is 6.10 Å². The van der Waals surface area contributed by atoms with Gasteiger partial charge in [-0.15, -0.1) is 0 Å². The van der Waals surface area contributed by atoms with Gasteiger partial charge in [0.2, 0.25) is 0 Å². The average molecular weight is 103 g/mol. The lowest BCUT2D eigenvalue weighted by atomic mass is 10.1. The molecule has 0 aromatic rings. The van der Waals surface area contributed by atoms with Gasteiger partial charge >= 0.3 is 0 Å². The first-order valence-corrected chi connectivity index (χ1v) is 2.44. The van der Waals surface area contributed by atoms with Crippen molar-refractivity contribution in [1.29, 1.82) is 0 Å². The molecule has 1 N–H and O–H groups in total. The van der Waals surface area contributed by atoms with Gasteiger partial charge in [-0.2, -0.15) is 0 Å². The van der Waals surface area contributed by atoms with Gasteiger partial charge in [-0.3, -0.25) is 0 Å². The molecule has 7 heavy (non-hydrogen) atoms. The van der Waals surface area contributed by atoms with Crippen LogP contribution in [0.4, 0.5) is 0 Å². The summed E-state index contributed by atoms with van der Waals surface area (Å²) in [6, 6.07) is 0. The summed E-state index contributed by atoms with van der Waals surface area (Å²) in [4.78, 5) is 0. The van der Waals surface area contributed by atoms with E-state index in [0.29, 0.717) is 0 Å². The lowest BCUT2D eigenvalue weighted by Gasteiger charge is -2.07. The van der Waals surface area contributed by atoms with E-state index in [9.17, 15) is 5.11 Å². The van der Waals surface area contributed by atoms with Crippen LogP contribution in [0.15, 0.2) is 0 Å². The molecule has 2 nitrogen and oxygen atoms in total. The van der Waals surface area contributed by atoms with Crippen molar-refractivity contribution in [3.8, 4) is 0 Å². The quantitative estimate of drug-likeness (QED) is 0.541. The van der Waals surface area contributed by atoms with Gasteiger partial charge in [-0.1, -0.05) is 13.8 Å². The van der Waals surface area contributed by atoms with E-state index >= 15 is 0 Å². The molecule has 1 atom stereocenters. The van der Waals surface area contributed by atoms with Crippen molar-refractivity contribution in [2.45, 2.75) is 20.0 Å². The molecule has 0 aliphatic carbocycles. The zero-order valence-corrected chi connectivity index (χ0v) is 4.72. The Morgan fingerprint density at radius 1 is 1.57 bits per heavy atom. The van der Waals surface area contributed by atoms with Crippen LogP contribution in [0.5, 0.6) is 0 Å². The zero-order valence-electron chi connectivity index (χ0n) is 4.72. The van der Waals surface area contributed by atoms with Crippen molar-refractivity contribution in [3.63, 3.8) is 0 Å². The summed E-state index contributed by atoms with van der Waals surface area (Å²) >= 11 is 0. The first-order chi connectivity index (χ1) is 3.18. The SMILES string of the molecule is CC(C)C(O)C[O]. The van der Waals surface area contributed by atoms with E-state index in [4.69, 9.17) is 5.11 Å². The van der Waals surface area contributed by atoms with E-state index in [1.165, 1.54) is 0 Å². The molecule has 0 saturated heterocycles. The van der Waals surface area contributed by atoms with Crippen LogP contribution in [-0.2, 0) is 5.11 Å². The molecule has 1 unspecified atom stereocenters. The third-order valence-electron chi connectivity index (χ3n) is 0.940. The summed E-state index contributed by atoms with van der Waals surface area (Å²) in [5.74, 6) is 0.109. The van der Waals surface area contributed by atoms with E-state index in [0.717, 1.165) is 0 Å². The summed E-state index contributed by atoms with van der Waals surface area (Å²) in [5, 5.41) is 18.4. The standard InChI is InChI=1S/C5H11O2/c1-4(2)5(7)3-6/h4-5,7H,3H2,1-2H3. The summed E-state index contributed by atoms with van der Waals surface area (Å²) < 4.78 is 0. The van der Waals surface area contributed by atoms with Crippen LogP contribution in [0, 0.1) is 5.92 Å². The molecule has 1 radical (unpaired) electrons. The Hall–Kier alpha value is -0.0800. The molecule has 0 amide bonds. The largest absolute Gasteiger partial charge is 0.390 e. The molecule has 0 fully saturated rings. The van der Waals surface area contributed by atoms with Crippen LogP contribution in [0.2, 0.25) is 0 Å². The van der Waals surface area contributed by atoms with Gasteiger partial charge in [0, 0.05) is 0 Å². The van der Waals surface area contributed by atoms with Crippen LogP contribution in [0.3, 0.4) is 0 Å². The Labute approximate surface area is 43.8 Å². The first-order valence-electron chi connectivity index (χ1n) is 2.44. The normalized spacial score (nSPS) is 15.0. The van der Waals surface area contributed by atoms with E-state index in [1.54, 1.807) is 0 Å². The lowest BCUT2D eigenvalue weighted by molar-refractivity contribution is 0.0269. The summed E-state index contributed by atoms with van der Waals surface area (Å²) in [7, 11) is 0. The second-order valence-corrected chi connectivity index (χ2v) is 1.98. The molecule has 0 aliphatic rings. The van der Waals surface area contributed by atoms with Crippen molar-refractivity contribution < 1.29 is 10.2 Å². The molecule has 0 aliphatic heterocycles. The average Bonchev–Trinajstić information content (AvgIpc) is 1.65. The highest BCUT2D eigenvalue weighted by Gasteiger charge is 2.05. The smallest absolute Gasteiger partial charge is 0.108 e. The number of rotatable bonds is 2. The fraction of sp³-hybridized carbons (Fsp3) is 1.00. The van der Waals surface area contributed by atoms with Gasteiger partial charge in [0.25, 0.3) is 0 Å². The maximum atomic E-state index is 9.82.